The van der Waals surface area contributed by atoms with Gasteiger partial charge in [0.1, 0.15) is 16.6 Å². The summed E-state index contributed by atoms with van der Waals surface area (Å²) in [5.74, 6) is 0.0170. The number of allylic oxidation sites excluding steroid dienone is 1. The van der Waals surface area contributed by atoms with Crippen LogP contribution in [0.2, 0.25) is 0 Å². The first-order chi connectivity index (χ1) is 16.8. The molecule has 1 aliphatic rings. The lowest BCUT2D eigenvalue weighted by Gasteiger charge is -2.18. The Hall–Kier alpha value is -3.02. The van der Waals surface area contributed by atoms with E-state index in [0.29, 0.717) is 29.2 Å². The van der Waals surface area contributed by atoms with Crippen molar-refractivity contribution in [3.63, 3.8) is 0 Å². The number of hydrogen-bond donors (Lipinski definition) is 0. The highest BCUT2D eigenvalue weighted by Crippen LogP contribution is 2.39. The molecule has 1 unspecified atom stereocenters. The third-order valence-electron chi connectivity index (χ3n) is 5.95. The van der Waals surface area contributed by atoms with Crippen LogP contribution in [-0.2, 0) is 27.1 Å². The van der Waals surface area contributed by atoms with E-state index in [4.69, 9.17) is 14.5 Å². The van der Waals surface area contributed by atoms with Crippen molar-refractivity contribution >= 4 is 40.0 Å². The van der Waals surface area contributed by atoms with Crippen molar-refractivity contribution in [3.05, 3.63) is 54.8 Å². The first-order valence-corrected chi connectivity index (χ1v) is 13.5. The minimum Gasteiger partial charge on any atom is -0.452 e. The number of ether oxygens (including phenoxy) is 2. The molecule has 3 aromatic rings. The molecule has 1 aliphatic carbocycles. The number of fused-ring (bicyclic) bond motifs is 1. The van der Waals surface area contributed by atoms with Crippen LogP contribution in [0.4, 0.5) is 0 Å². The number of carbonyl (C=O) groups is 1. The van der Waals surface area contributed by atoms with Gasteiger partial charge in [-0.1, -0.05) is 19.1 Å². The van der Waals surface area contributed by atoms with E-state index in [2.05, 4.69) is 30.1 Å². The molecule has 1 aromatic carbocycles. The van der Waals surface area contributed by atoms with Gasteiger partial charge in [-0.05, 0) is 63.1 Å². The molecule has 0 saturated heterocycles. The lowest BCUT2D eigenvalue weighted by Crippen LogP contribution is -2.18. The zero-order valence-electron chi connectivity index (χ0n) is 20.7. The lowest BCUT2D eigenvalue weighted by atomic mass is 9.96. The van der Waals surface area contributed by atoms with Crippen LogP contribution in [0.15, 0.2) is 17.5 Å². The van der Waals surface area contributed by atoms with Gasteiger partial charge in [0.15, 0.2) is 5.76 Å². The van der Waals surface area contributed by atoms with E-state index in [-0.39, 0.29) is 5.97 Å². The fourth-order valence-electron chi connectivity index (χ4n) is 4.45. The summed E-state index contributed by atoms with van der Waals surface area (Å²) in [5.41, 5.74) is 7.08. The normalized spacial score (nSPS) is 14.2. The number of benzene rings is 1. The summed E-state index contributed by atoms with van der Waals surface area (Å²) in [6, 6.07) is 6.69. The predicted molar refractivity (Wildman–Crippen MR) is 140 cm³/mol. The summed E-state index contributed by atoms with van der Waals surface area (Å²) in [5, 5.41) is 13.7. The molecular weight excluding hydrogens is 478 g/mol. The van der Waals surface area contributed by atoms with Crippen LogP contribution >= 0.6 is 22.7 Å². The highest BCUT2D eigenvalue weighted by atomic mass is 32.1. The topological polar surface area (TPSA) is 85.1 Å². The molecule has 6 nitrogen and oxygen atoms in total. The summed E-state index contributed by atoms with van der Waals surface area (Å²) in [6.45, 7) is 9.48. The van der Waals surface area contributed by atoms with Gasteiger partial charge in [-0.25, -0.2) is 9.97 Å². The number of thiazole rings is 2. The second kappa shape index (κ2) is 10.7. The standard InChI is InChI=1S/C27H29N3O3S2/c1-6-8-23(31)32-18(5)33-25(26-16(3)29-17(4)35-26)21(13-28)27-30-22(14-34-27)24-15(2)11-12-19-9-7-10-20(19)24/h11-12,14,18H,6-10H2,1-5H3/b25-21+. The number of carbonyl (C=O) groups excluding carboxylic acids is 1. The van der Waals surface area contributed by atoms with Gasteiger partial charge in [0, 0.05) is 24.3 Å². The highest BCUT2D eigenvalue weighted by molar-refractivity contribution is 7.13. The van der Waals surface area contributed by atoms with E-state index < -0.39 is 6.29 Å². The predicted octanol–water partition coefficient (Wildman–Crippen LogP) is 6.78. The van der Waals surface area contributed by atoms with Crippen molar-refractivity contribution in [2.24, 2.45) is 0 Å². The first kappa shape index (κ1) is 25.1. The van der Waals surface area contributed by atoms with Gasteiger partial charge in [-0.3, -0.25) is 4.79 Å². The van der Waals surface area contributed by atoms with Crippen molar-refractivity contribution in [2.45, 2.75) is 73.0 Å². The molecule has 8 heteroatoms. The number of rotatable bonds is 8. The summed E-state index contributed by atoms with van der Waals surface area (Å²) in [6.07, 6.45) is 3.45. The smallest absolute Gasteiger partial charge is 0.308 e. The van der Waals surface area contributed by atoms with Crippen LogP contribution < -0.4 is 0 Å². The largest absolute Gasteiger partial charge is 0.452 e. The monoisotopic (exact) mass is 507 g/mol. The fourth-order valence-corrected chi connectivity index (χ4v) is 6.16. The maximum absolute atomic E-state index is 12.0. The van der Waals surface area contributed by atoms with Gasteiger partial charge in [0.05, 0.1) is 21.3 Å². The van der Waals surface area contributed by atoms with Crippen LogP contribution in [-0.4, -0.2) is 22.2 Å². The minimum atomic E-state index is -0.853. The van der Waals surface area contributed by atoms with E-state index >= 15 is 0 Å². The van der Waals surface area contributed by atoms with Gasteiger partial charge >= 0.3 is 5.97 Å². The van der Waals surface area contributed by atoms with E-state index in [1.165, 1.54) is 44.9 Å². The van der Waals surface area contributed by atoms with E-state index in [0.717, 1.165) is 40.5 Å². The highest BCUT2D eigenvalue weighted by Gasteiger charge is 2.25. The van der Waals surface area contributed by atoms with Gasteiger partial charge < -0.3 is 9.47 Å². The van der Waals surface area contributed by atoms with E-state index in [9.17, 15) is 10.1 Å². The van der Waals surface area contributed by atoms with Crippen molar-refractivity contribution in [1.29, 1.82) is 5.26 Å². The number of hydrogen-bond acceptors (Lipinski definition) is 8. The Morgan fingerprint density at radius 3 is 2.69 bits per heavy atom. The quantitative estimate of drug-likeness (QED) is 0.145. The molecular formula is C27H29N3O3S2. The average molecular weight is 508 g/mol. The number of esters is 1. The molecule has 0 saturated carbocycles. The summed E-state index contributed by atoms with van der Waals surface area (Å²) >= 11 is 2.87. The molecule has 182 valence electrons. The van der Waals surface area contributed by atoms with Crippen LogP contribution in [0.25, 0.3) is 22.6 Å². The third kappa shape index (κ3) is 5.31. The number of nitriles is 1. The second-order valence-electron chi connectivity index (χ2n) is 8.68. The molecule has 0 radical (unpaired) electrons. The zero-order valence-corrected chi connectivity index (χ0v) is 22.4. The molecule has 0 aliphatic heterocycles. The molecule has 4 rings (SSSR count). The summed E-state index contributed by atoms with van der Waals surface area (Å²) in [4.78, 5) is 22.2. The Balaban J connectivity index is 1.78. The van der Waals surface area contributed by atoms with Gasteiger partial charge in [-0.15, -0.1) is 22.7 Å². The Bertz CT molecular complexity index is 1330. The maximum Gasteiger partial charge on any atom is 0.308 e. The Labute approximate surface area is 214 Å². The molecule has 0 fully saturated rings. The zero-order chi connectivity index (χ0) is 25.1. The molecule has 2 aromatic heterocycles. The Morgan fingerprint density at radius 1 is 1.20 bits per heavy atom. The molecule has 0 amide bonds. The molecule has 35 heavy (non-hydrogen) atoms. The maximum atomic E-state index is 12.0. The summed E-state index contributed by atoms with van der Waals surface area (Å²) in [7, 11) is 0. The Kier molecular flexibility index (Phi) is 7.68. The van der Waals surface area contributed by atoms with E-state index in [1.807, 2.05) is 26.2 Å². The Morgan fingerprint density at radius 2 is 2.00 bits per heavy atom. The van der Waals surface area contributed by atoms with Crippen molar-refractivity contribution in [1.82, 2.24) is 9.97 Å². The van der Waals surface area contributed by atoms with Crippen LogP contribution in [0.5, 0.6) is 0 Å². The van der Waals surface area contributed by atoms with Gasteiger partial charge in [0.2, 0.25) is 6.29 Å². The second-order valence-corrected chi connectivity index (χ2v) is 10.7. The number of aryl methyl sites for hydroxylation is 4. The SMILES string of the molecule is CCCC(=O)OC(C)O/C(=C(\C#N)c1nc(-c2c(C)ccc3c2CCC3)cs1)c1sc(C)nc1C. The van der Waals surface area contributed by atoms with Crippen LogP contribution in [0.1, 0.15) is 70.4 Å². The van der Waals surface area contributed by atoms with Crippen molar-refractivity contribution in [3.8, 4) is 17.3 Å². The molecule has 1 atom stereocenters. The van der Waals surface area contributed by atoms with Crippen LogP contribution in [0.3, 0.4) is 0 Å². The molecule has 0 spiro atoms. The fraction of sp³-hybridized carbons (Fsp3) is 0.407. The molecule has 0 N–H and O–H groups in total. The van der Waals surface area contributed by atoms with Gasteiger partial charge in [-0.2, -0.15) is 5.26 Å². The third-order valence-corrected chi connectivity index (χ3v) is 7.88. The first-order valence-electron chi connectivity index (χ1n) is 11.8. The summed E-state index contributed by atoms with van der Waals surface area (Å²) < 4.78 is 11.5. The van der Waals surface area contributed by atoms with Gasteiger partial charge in [0.25, 0.3) is 0 Å². The van der Waals surface area contributed by atoms with Crippen LogP contribution in [0, 0.1) is 32.1 Å². The molecule has 2 heterocycles. The van der Waals surface area contributed by atoms with E-state index in [1.54, 1.807) is 6.92 Å². The minimum absolute atomic E-state index is 0.313. The number of nitrogens with zero attached hydrogens (tertiary/aromatic N) is 3. The van der Waals surface area contributed by atoms with Crippen molar-refractivity contribution < 1.29 is 14.3 Å². The number of aromatic nitrogens is 2. The average Bonchev–Trinajstić information content (AvgIpc) is 3.54. The molecule has 0 bridgehead atoms. The van der Waals surface area contributed by atoms with Crippen molar-refractivity contribution in [2.75, 3.05) is 0 Å². The lowest BCUT2D eigenvalue weighted by molar-refractivity contribution is -0.164.